The number of alkyl halides is 3. The summed E-state index contributed by atoms with van der Waals surface area (Å²) in [5.41, 5.74) is 12.9. The molecule has 3 atom stereocenters. The van der Waals surface area contributed by atoms with Gasteiger partial charge in [0.05, 0.1) is 42.6 Å². The van der Waals surface area contributed by atoms with Gasteiger partial charge in [-0.3, -0.25) is 33.4 Å². The molecule has 2 aromatic carbocycles. The second-order valence-corrected chi connectivity index (χ2v) is 18.9. The summed E-state index contributed by atoms with van der Waals surface area (Å²) in [5, 5.41) is 38.6. The number of aromatic nitrogens is 4. The molecule has 19 heteroatoms. The van der Waals surface area contributed by atoms with Gasteiger partial charge in [0, 0.05) is 42.4 Å². The third-order valence-electron chi connectivity index (χ3n) is 14.4. The molecule has 4 aromatic rings. The van der Waals surface area contributed by atoms with E-state index in [2.05, 4.69) is 50.4 Å². The lowest BCUT2D eigenvalue weighted by Crippen LogP contribution is -2.46. The first-order valence-corrected chi connectivity index (χ1v) is 22.9. The molecule has 67 heavy (non-hydrogen) atoms. The molecule has 2 aromatic heterocycles. The number of nitrogens with one attached hydrogen (secondary N) is 3. The predicted octanol–water partition coefficient (Wildman–Crippen LogP) is 6.50. The lowest BCUT2D eigenvalue weighted by molar-refractivity contribution is -0.149. The largest absolute Gasteiger partial charge is 0.401 e. The summed E-state index contributed by atoms with van der Waals surface area (Å²) in [6, 6.07) is 22.0. The molecule has 8 rings (SSSR count). The summed E-state index contributed by atoms with van der Waals surface area (Å²) in [7, 11) is 1.43. The quantitative estimate of drug-likeness (QED) is 0.0770. The van der Waals surface area contributed by atoms with Gasteiger partial charge in [-0.2, -0.15) is 33.9 Å². The van der Waals surface area contributed by atoms with E-state index in [9.17, 15) is 42.9 Å². The first kappa shape index (κ1) is 46.9. The van der Waals surface area contributed by atoms with Crippen LogP contribution < -0.4 is 27.4 Å². The second-order valence-electron chi connectivity index (χ2n) is 18.9. The van der Waals surface area contributed by atoms with E-state index in [1.165, 1.54) is 29.0 Å². The minimum Gasteiger partial charge on any atom is -0.365 e. The van der Waals surface area contributed by atoms with Crippen molar-refractivity contribution < 1.29 is 32.3 Å². The van der Waals surface area contributed by atoms with E-state index >= 15 is 0 Å². The van der Waals surface area contributed by atoms with Gasteiger partial charge in [0.25, 0.3) is 11.8 Å². The molecule has 7 N–H and O–H groups in total. The van der Waals surface area contributed by atoms with Crippen LogP contribution in [0, 0.1) is 40.4 Å². The number of nitrogens with zero attached hydrogens (tertiary/aromatic N) is 7. The van der Waals surface area contributed by atoms with Crippen molar-refractivity contribution in [3.05, 3.63) is 83.7 Å². The number of halogens is 3. The molecule has 2 heterocycles. The highest BCUT2D eigenvalue weighted by Crippen LogP contribution is 2.50. The topological polar surface area (TPSA) is 243 Å². The zero-order valence-corrected chi connectivity index (χ0v) is 37.3. The molecule has 16 nitrogen and oxygen atoms in total. The average molecular weight is 921 g/mol. The lowest BCUT2D eigenvalue weighted by Gasteiger charge is -2.41. The van der Waals surface area contributed by atoms with E-state index < -0.39 is 41.5 Å². The number of anilines is 2. The molecule has 3 unspecified atom stereocenters. The fourth-order valence-electron chi connectivity index (χ4n) is 10.3. The number of carbonyl (C=O) groups excluding carboxylic acids is 4. The van der Waals surface area contributed by atoms with Gasteiger partial charge in [-0.1, -0.05) is 54.6 Å². The van der Waals surface area contributed by atoms with Crippen molar-refractivity contribution in [3.8, 4) is 23.3 Å². The molecule has 4 amide bonds. The third-order valence-corrected chi connectivity index (χ3v) is 14.4. The Hall–Kier alpha value is -6.57. The van der Waals surface area contributed by atoms with Crippen LogP contribution in [0.5, 0.6) is 0 Å². The summed E-state index contributed by atoms with van der Waals surface area (Å²) in [6.45, 7) is -1.05. The number of hydrogen-bond donors (Lipinski definition) is 5. The fraction of sp³-hybridized carbons (Fsp3) is 0.500. The van der Waals surface area contributed by atoms with Gasteiger partial charge in [0.15, 0.2) is 11.6 Å². The van der Waals surface area contributed by atoms with Gasteiger partial charge in [0.2, 0.25) is 11.8 Å². The number of nitrogens with two attached hydrogens (primary N) is 2. The van der Waals surface area contributed by atoms with Gasteiger partial charge < -0.3 is 27.4 Å². The van der Waals surface area contributed by atoms with E-state index in [1.807, 2.05) is 42.5 Å². The van der Waals surface area contributed by atoms with Crippen molar-refractivity contribution in [1.82, 2.24) is 29.8 Å². The smallest absolute Gasteiger partial charge is 0.365 e. The summed E-state index contributed by atoms with van der Waals surface area (Å²) in [4.78, 5) is 53.3. The van der Waals surface area contributed by atoms with Crippen LogP contribution in [0.4, 0.5) is 24.8 Å². The van der Waals surface area contributed by atoms with Crippen molar-refractivity contribution in [2.75, 3.05) is 24.2 Å². The van der Waals surface area contributed by atoms with E-state index in [1.54, 1.807) is 4.68 Å². The standard InChI is InChI=1S/C48H55F3N12O4/c1-61(28-48(49,50)51)34-15-19-47(20-16-34,22-24-53)63-27-38(41(55)65)43(60-63)58-45(67)36-25-35(36)39(31-9-7-30(8-10-31)29-5-3-2-4-6-29)56-33-13-17-46(18-14-33,21-23-52)62-26-37(40(54)64)42(59-62)57-44(66)32-11-12-32/h2-10,26-27,32-36,39,56H,11-22,25,28H2,1H3,(H2,54,64)(H2,55,65)(H,57,59,66)(H,58,60,67). The Balaban J connectivity index is 0.997. The molecule has 4 aliphatic rings. The number of rotatable bonds is 17. The Bertz CT molecular complexity index is 2560. The van der Waals surface area contributed by atoms with Crippen LogP contribution in [0.2, 0.25) is 0 Å². The maximum Gasteiger partial charge on any atom is 0.401 e. The monoisotopic (exact) mass is 920 g/mol. The SMILES string of the molecule is CN(CC(F)(F)F)C1CCC(CC#N)(n2cc(C(N)=O)c(NC(=O)C3CC3C(NC3CCC(CC#N)(n4cc(C(N)=O)c(NC(=O)C5CC5)n4)CC3)c3ccc(-c4ccccc4)cc3)n2)CC1. The number of carbonyl (C=O) groups is 4. The summed E-state index contributed by atoms with van der Waals surface area (Å²) in [6.07, 6.45) is 4.47. The Morgan fingerprint density at radius 2 is 1.28 bits per heavy atom. The highest BCUT2D eigenvalue weighted by Gasteiger charge is 2.50. The molecule has 0 radical (unpaired) electrons. The first-order chi connectivity index (χ1) is 32.0. The summed E-state index contributed by atoms with van der Waals surface area (Å²) >= 11 is 0. The molecule has 0 spiro atoms. The summed E-state index contributed by atoms with van der Waals surface area (Å²) < 4.78 is 42.7. The molecule has 0 aliphatic heterocycles. The number of amides is 4. The molecule has 4 saturated carbocycles. The van der Waals surface area contributed by atoms with Crippen LogP contribution in [-0.2, 0) is 20.7 Å². The van der Waals surface area contributed by atoms with Crippen LogP contribution in [0.15, 0.2) is 67.0 Å². The van der Waals surface area contributed by atoms with E-state index in [-0.39, 0.29) is 77.4 Å². The van der Waals surface area contributed by atoms with Crippen LogP contribution >= 0.6 is 0 Å². The fourth-order valence-corrected chi connectivity index (χ4v) is 10.3. The average Bonchev–Trinajstić information content (AvgIpc) is 4.22. The van der Waals surface area contributed by atoms with Gasteiger partial charge in [-0.25, -0.2) is 0 Å². The number of benzene rings is 2. The summed E-state index contributed by atoms with van der Waals surface area (Å²) in [5.74, 6) is -2.85. The van der Waals surface area contributed by atoms with Gasteiger partial charge >= 0.3 is 6.18 Å². The minimum absolute atomic E-state index is 0.00806. The molecule has 0 bridgehead atoms. The number of hydrogen-bond acceptors (Lipinski definition) is 10. The van der Waals surface area contributed by atoms with Crippen molar-refractivity contribution in [2.45, 2.75) is 119 Å². The maximum absolute atomic E-state index is 14.2. The molecule has 4 aliphatic carbocycles. The highest BCUT2D eigenvalue weighted by atomic mass is 19.4. The van der Waals surface area contributed by atoms with Crippen LogP contribution in [0.25, 0.3) is 11.1 Å². The van der Waals surface area contributed by atoms with Crippen LogP contribution in [-0.4, -0.2) is 79.9 Å². The van der Waals surface area contributed by atoms with Crippen molar-refractivity contribution in [1.29, 1.82) is 10.5 Å². The normalized spacial score (nSPS) is 25.4. The zero-order valence-electron chi connectivity index (χ0n) is 37.3. The molecule has 352 valence electrons. The Morgan fingerprint density at radius 1 is 0.776 bits per heavy atom. The molecular formula is C48H55F3N12O4. The Kier molecular flexibility index (Phi) is 13.3. The highest BCUT2D eigenvalue weighted by molar-refractivity contribution is 6.03. The van der Waals surface area contributed by atoms with E-state index in [4.69, 9.17) is 11.5 Å². The predicted molar refractivity (Wildman–Crippen MR) is 240 cm³/mol. The first-order valence-electron chi connectivity index (χ1n) is 22.9. The van der Waals surface area contributed by atoms with Gasteiger partial charge in [-0.05, 0) is 100 Å². The van der Waals surface area contributed by atoms with E-state index in [0.717, 1.165) is 29.5 Å². The van der Waals surface area contributed by atoms with Crippen molar-refractivity contribution in [3.63, 3.8) is 0 Å². The number of nitriles is 2. The van der Waals surface area contributed by atoms with Crippen molar-refractivity contribution >= 4 is 35.3 Å². The second kappa shape index (κ2) is 19.0. The van der Waals surface area contributed by atoms with E-state index in [0.29, 0.717) is 57.8 Å². The molecular weight excluding hydrogens is 866 g/mol. The van der Waals surface area contributed by atoms with Gasteiger partial charge in [-0.15, -0.1) is 0 Å². The zero-order chi connectivity index (χ0) is 47.7. The van der Waals surface area contributed by atoms with Crippen molar-refractivity contribution in [2.24, 2.45) is 29.2 Å². The molecule has 0 saturated heterocycles. The third kappa shape index (κ3) is 10.4. The van der Waals surface area contributed by atoms with Crippen LogP contribution in [0.1, 0.15) is 116 Å². The van der Waals surface area contributed by atoms with Gasteiger partial charge in [0.1, 0.15) is 11.1 Å². The Morgan fingerprint density at radius 3 is 1.78 bits per heavy atom. The Labute approximate surface area is 386 Å². The lowest BCUT2D eigenvalue weighted by atomic mass is 9.77. The minimum atomic E-state index is -4.35. The van der Waals surface area contributed by atoms with Crippen LogP contribution in [0.3, 0.4) is 0 Å². The maximum atomic E-state index is 14.2. The molecule has 4 fully saturated rings. The number of primary amides is 2.